The van der Waals surface area contributed by atoms with Crippen molar-refractivity contribution in [1.82, 2.24) is 10.3 Å². The van der Waals surface area contributed by atoms with Crippen LogP contribution in [0.2, 0.25) is 0 Å². The molecule has 0 saturated heterocycles. The number of amides is 1. The molecule has 26 heavy (non-hydrogen) atoms. The van der Waals surface area contributed by atoms with Crippen LogP contribution in [0.1, 0.15) is 26.6 Å². The molecule has 10 heteroatoms. The molecule has 1 heterocycles. The largest absolute Gasteiger partial charge is 0.484 e. The standard InChI is InChI=1S/C16H18F3N3O2S.ClH/c1-10-2-3-11(13(6-10)24-9-16(17,18)19)7-21-15(23)12-8-25-14(22-12)4-5-20;/h2-3,6,8H,4-5,7,9,20H2,1H3,(H,21,23);1H. The first-order chi connectivity index (χ1) is 11.8. The molecule has 3 N–H and O–H groups in total. The van der Waals surface area contributed by atoms with E-state index in [9.17, 15) is 18.0 Å². The lowest BCUT2D eigenvalue weighted by molar-refractivity contribution is -0.153. The van der Waals surface area contributed by atoms with Crippen molar-refractivity contribution >= 4 is 29.7 Å². The van der Waals surface area contributed by atoms with Crippen molar-refractivity contribution in [1.29, 1.82) is 0 Å². The lowest BCUT2D eigenvalue weighted by Crippen LogP contribution is -2.24. The Morgan fingerprint density at radius 3 is 2.77 bits per heavy atom. The predicted octanol–water partition coefficient (Wildman–Crippen LogP) is 3.25. The van der Waals surface area contributed by atoms with Gasteiger partial charge in [-0.1, -0.05) is 12.1 Å². The summed E-state index contributed by atoms with van der Waals surface area (Å²) in [5, 5.41) is 5.02. The van der Waals surface area contributed by atoms with Gasteiger partial charge in [-0.2, -0.15) is 13.2 Å². The van der Waals surface area contributed by atoms with E-state index in [-0.39, 0.29) is 30.4 Å². The number of aromatic nitrogens is 1. The number of nitrogens with two attached hydrogens (primary N) is 1. The smallest absolute Gasteiger partial charge is 0.422 e. The van der Waals surface area contributed by atoms with Crippen LogP contribution in [0.5, 0.6) is 5.75 Å². The second-order valence-electron chi connectivity index (χ2n) is 5.36. The summed E-state index contributed by atoms with van der Waals surface area (Å²) < 4.78 is 41.9. The third kappa shape index (κ3) is 6.81. The molecule has 0 radical (unpaired) electrons. The van der Waals surface area contributed by atoms with Gasteiger partial charge in [0.2, 0.25) is 0 Å². The molecule has 1 amide bonds. The molecular formula is C16H19ClF3N3O2S. The molecule has 2 aromatic rings. The molecule has 0 atom stereocenters. The second-order valence-corrected chi connectivity index (χ2v) is 6.31. The Morgan fingerprint density at radius 2 is 2.12 bits per heavy atom. The molecule has 0 aliphatic carbocycles. The minimum absolute atomic E-state index is 0. The number of ether oxygens (including phenoxy) is 1. The van der Waals surface area contributed by atoms with Gasteiger partial charge < -0.3 is 15.8 Å². The summed E-state index contributed by atoms with van der Waals surface area (Å²) in [6.45, 7) is 0.844. The maximum Gasteiger partial charge on any atom is 0.422 e. The first kappa shape index (κ1) is 22.2. The maximum absolute atomic E-state index is 12.4. The number of alkyl halides is 3. The molecule has 0 unspecified atom stereocenters. The van der Waals surface area contributed by atoms with E-state index < -0.39 is 18.7 Å². The van der Waals surface area contributed by atoms with Gasteiger partial charge in [0.15, 0.2) is 6.61 Å². The zero-order valence-corrected chi connectivity index (χ0v) is 15.6. The van der Waals surface area contributed by atoms with Crippen molar-refractivity contribution in [2.45, 2.75) is 26.1 Å². The Kier molecular flexibility index (Phi) is 8.32. The fraction of sp³-hybridized carbons (Fsp3) is 0.375. The summed E-state index contributed by atoms with van der Waals surface area (Å²) in [4.78, 5) is 16.3. The van der Waals surface area contributed by atoms with Crippen LogP contribution in [0.25, 0.3) is 0 Å². The van der Waals surface area contributed by atoms with E-state index in [0.717, 1.165) is 10.6 Å². The molecular weight excluding hydrogens is 391 g/mol. The van der Waals surface area contributed by atoms with Crippen LogP contribution in [-0.4, -0.2) is 30.2 Å². The molecule has 0 saturated carbocycles. The Balaban J connectivity index is 0.00000338. The monoisotopic (exact) mass is 409 g/mol. The van der Waals surface area contributed by atoms with E-state index in [2.05, 4.69) is 10.3 Å². The van der Waals surface area contributed by atoms with Crippen LogP contribution in [0.4, 0.5) is 13.2 Å². The van der Waals surface area contributed by atoms with Crippen molar-refractivity contribution in [3.05, 3.63) is 45.4 Å². The summed E-state index contributed by atoms with van der Waals surface area (Å²) >= 11 is 1.34. The molecule has 144 valence electrons. The first-order valence-corrected chi connectivity index (χ1v) is 8.38. The Bertz CT molecular complexity index is 738. The van der Waals surface area contributed by atoms with Gasteiger partial charge in [0, 0.05) is 23.9 Å². The summed E-state index contributed by atoms with van der Waals surface area (Å²) in [6.07, 6.45) is -3.84. The SMILES string of the molecule is Cc1ccc(CNC(=O)c2csc(CCN)n2)c(OCC(F)(F)F)c1.Cl. The molecule has 0 spiro atoms. The minimum atomic E-state index is -4.43. The maximum atomic E-state index is 12.4. The second kappa shape index (κ2) is 9.75. The number of thiazole rings is 1. The molecule has 0 fully saturated rings. The van der Waals surface area contributed by atoms with Crippen molar-refractivity contribution < 1.29 is 22.7 Å². The molecule has 1 aromatic heterocycles. The molecule has 0 aliphatic rings. The third-order valence-electron chi connectivity index (χ3n) is 3.20. The van der Waals surface area contributed by atoms with E-state index in [1.54, 1.807) is 24.4 Å². The van der Waals surface area contributed by atoms with Crippen LogP contribution in [0, 0.1) is 6.92 Å². The van der Waals surface area contributed by atoms with E-state index in [1.165, 1.54) is 17.4 Å². The van der Waals surface area contributed by atoms with Crippen LogP contribution in [-0.2, 0) is 13.0 Å². The summed E-state index contributed by atoms with van der Waals surface area (Å²) in [6, 6.07) is 4.88. The predicted molar refractivity (Wildman–Crippen MR) is 96.0 cm³/mol. The van der Waals surface area contributed by atoms with Crippen LogP contribution >= 0.6 is 23.7 Å². The number of hydrogen-bond acceptors (Lipinski definition) is 5. The zero-order valence-electron chi connectivity index (χ0n) is 13.9. The van der Waals surface area contributed by atoms with E-state index in [4.69, 9.17) is 10.5 Å². The number of carbonyl (C=O) groups excluding carboxylic acids is 1. The molecule has 0 bridgehead atoms. The zero-order chi connectivity index (χ0) is 18.4. The number of benzene rings is 1. The van der Waals surface area contributed by atoms with Gasteiger partial charge in [-0.3, -0.25) is 4.79 Å². The lowest BCUT2D eigenvalue weighted by Gasteiger charge is -2.14. The highest BCUT2D eigenvalue weighted by molar-refractivity contribution is 7.09. The summed E-state index contributed by atoms with van der Waals surface area (Å²) in [5.41, 5.74) is 6.92. The number of hydrogen-bond donors (Lipinski definition) is 2. The van der Waals surface area contributed by atoms with Gasteiger partial charge in [0.25, 0.3) is 5.91 Å². The normalized spacial score (nSPS) is 11.0. The first-order valence-electron chi connectivity index (χ1n) is 7.50. The average Bonchev–Trinajstić information content (AvgIpc) is 3.00. The van der Waals surface area contributed by atoms with Crippen molar-refractivity contribution in [3.63, 3.8) is 0 Å². The number of nitrogens with one attached hydrogen (secondary N) is 1. The third-order valence-corrected chi connectivity index (χ3v) is 4.10. The highest BCUT2D eigenvalue weighted by atomic mass is 35.5. The Morgan fingerprint density at radius 1 is 1.38 bits per heavy atom. The van der Waals surface area contributed by atoms with Gasteiger partial charge in [-0.15, -0.1) is 23.7 Å². The number of aryl methyl sites for hydroxylation is 1. The molecule has 0 aliphatic heterocycles. The lowest BCUT2D eigenvalue weighted by atomic mass is 10.1. The van der Waals surface area contributed by atoms with Crippen LogP contribution in [0.15, 0.2) is 23.6 Å². The molecule has 2 rings (SSSR count). The highest BCUT2D eigenvalue weighted by Crippen LogP contribution is 2.24. The fourth-order valence-electron chi connectivity index (χ4n) is 2.02. The van der Waals surface area contributed by atoms with E-state index >= 15 is 0 Å². The number of rotatable bonds is 7. The highest BCUT2D eigenvalue weighted by Gasteiger charge is 2.28. The fourth-order valence-corrected chi connectivity index (χ4v) is 2.82. The summed E-state index contributed by atoms with van der Waals surface area (Å²) in [7, 11) is 0. The van der Waals surface area contributed by atoms with Crippen molar-refractivity contribution in [2.24, 2.45) is 5.73 Å². The van der Waals surface area contributed by atoms with E-state index in [1.807, 2.05) is 0 Å². The van der Waals surface area contributed by atoms with Gasteiger partial charge in [0.05, 0.1) is 5.01 Å². The topological polar surface area (TPSA) is 77.2 Å². The van der Waals surface area contributed by atoms with Crippen LogP contribution in [0.3, 0.4) is 0 Å². The van der Waals surface area contributed by atoms with Gasteiger partial charge in [-0.05, 0) is 25.1 Å². The van der Waals surface area contributed by atoms with Gasteiger partial charge in [0.1, 0.15) is 11.4 Å². The molecule has 5 nitrogen and oxygen atoms in total. The number of nitrogens with zero attached hydrogens (tertiary/aromatic N) is 1. The minimum Gasteiger partial charge on any atom is -0.484 e. The van der Waals surface area contributed by atoms with Gasteiger partial charge >= 0.3 is 6.18 Å². The number of carbonyl (C=O) groups is 1. The molecule has 1 aromatic carbocycles. The Labute approximate surface area is 159 Å². The average molecular weight is 410 g/mol. The Hall–Kier alpha value is -1.84. The number of halogens is 4. The van der Waals surface area contributed by atoms with E-state index in [0.29, 0.717) is 18.5 Å². The quantitative estimate of drug-likeness (QED) is 0.736. The van der Waals surface area contributed by atoms with Crippen LogP contribution < -0.4 is 15.8 Å². The van der Waals surface area contributed by atoms with Gasteiger partial charge in [-0.25, -0.2) is 4.98 Å². The van der Waals surface area contributed by atoms with Crippen molar-refractivity contribution in [3.8, 4) is 5.75 Å². The van der Waals surface area contributed by atoms with Crippen molar-refractivity contribution in [2.75, 3.05) is 13.2 Å². The summed E-state index contributed by atoms with van der Waals surface area (Å²) in [5.74, 6) is -0.304.